The number of nitrogens with two attached hydrogens (primary N) is 1. The zero-order valence-corrected chi connectivity index (χ0v) is 9.01. The number of nitrogens with zero attached hydrogens (tertiary/aromatic N) is 4. The number of nitrogen functional groups attached to an aromatic ring is 1. The molecule has 5 heteroatoms. The van der Waals surface area contributed by atoms with E-state index in [1.807, 2.05) is 35.5 Å². The van der Waals surface area contributed by atoms with Gasteiger partial charge in [0.25, 0.3) is 0 Å². The molecular weight excluding hydrogens is 190 g/mol. The SMILES string of the molecule is Cc1cc(N)nn1CCc1ccnn1C. The van der Waals surface area contributed by atoms with Gasteiger partial charge in [0.1, 0.15) is 5.82 Å². The van der Waals surface area contributed by atoms with Crippen molar-refractivity contribution in [3.05, 3.63) is 29.7 Å². The first-order valence-electron chi connectivity index (χ1n) is 4.93. The highest BCUT2D eigenvalue weighted by atomic mass is 15.3. The second-order valence-electron chi connectivity index (χ2n) is 3.63. The first-order valence-corrected chi connectivity index (χ1v) is 4.93. The van der Waals surface area contributed by atoms with Gasteiger partial charge in [-0.25, -0.2) is 0 Å². The minimum Gasteiger partial charge on any atom is -0.382 e. The molecule has 2 heterocycles. The summed E-state index contributed by atoms with van der Waals surface area (Å²) in [7, 11) is 1.94. The van der Waals surface area contributed by atoms with E-state index in [2.05, 4.69) is 10.2 Å². The predicted molar refractivity (Wildman–Crippen MR) is 58.3 cm³/mol. The molecule has 0 saturated carbocycles. The number of hydrogen-bond donors (Lipinski definition) is 1. The summed E-state index contributed by atoms with van der Waals surface area (Å²) in [6.45, 7) is 2.84. The van der Waals surface area contributed by atoms with Crippen LogP contribution in [0.1, 0.15) is 11.4 Å². The first kappa shape index (κ1) is 9.76. The van der Waals surface area contributed by atoms with Crippen LogP contribution in [0.3, 0.4) is 0 Å². The molecule has 0 fully saturated rings. The van der Waals surface area contributed by atoms with Crippen LogP contribution in [0.4, 0.5) is 5.82 Å². The van der Waals surface area contributed by atoms with Gasteiger partial charge in [0.15, 0.2) is 0 Å². The van der Waals surface area contributed by atoms with Crippen LogP contribution >= 0.6 is 0 Å². The molecular formula is C10H15N5. The van der Waals surface area contributed by atoms with Crippen molar-refractivity contribution in [1.29, 1.82) is 0 Å². The van der Waals surface area contributed by atoms with Crippen molar-refractivity contribution >= 4 is 5.82 Å². The minimum atomic E-state index is 0.581. The van der Waals surface area contributed by atoms with Gasteiger partial charge in [-0.2, -0.15) is 10.2 Å². The van der Waals surface area contributed by atoms with Crippen LogP contribution in [0.5, 0.6) is 0 Å². The Kier molecular flexibility index (Phi) is 2.45. The van der Waals surface area contributed by atoms with Crippen LogP contribution in [-0.2, 0) is 20.0 Å². The molecule has 2 N–H and O–H groups in total. The van der Waals surface area contributed by atoms with Crippen molar-refractivity contribution in [2.75, 3.05) is 5.73 Å². The fraction of sp³-hybridized carbons (Fsp3) is 0.400. The van der Waals surface area contributed by atoms with Crippen molar-refractivity contribution in [2.45, 2.75) is 19.9 Å². The Morgan fingerprint density at radius 1 is 1.47 bits per heavy atom. The van der Waals surface area contributed by atoms with Crippen molar-refractivity contribution in [3.63, 3.8) is 0 Å². The molecule has 0 radical (unpaired) electrons. The highest BCUT2D eigenvalue weighted by molar-refractivity contribution is 5.28. The normalized spacial score (nSPS) is 10.8. The van der Waals surface area contributed by atoms with Crippen LogP contribution in [0.25, 0.3) is 0 Å². The molecule has 0 aromatic carbocycles. The highest BCUT2D eigenvalue weighted by Crippen LogP contribution is 2.06. The van der Waals surface area contributed by atoms with E-state index in [0.717, 1.165) is 18.7 Å². The summed E-state index contributed by atoms with van der Waals surface area (Å²) in [4.78, 5) is 0. The summed E-state index contributed by atoms with van der Waals surface area (Å²) in [5, 5.41) is 8.32. The van der Waals surface area contributed by atoms with Crippen molar-refractivity contribution in [2.24, 2.45) is 7.05 Å². The van der Waals surface area contributed by atoms with E-state index in [4.69, 9.17) is 5.73 Å². The molecule has 0 amide bonds. The van der Waals surface area contributed by atoms with Gasteiger partial charge in [0, 0.05) is 43.7 Å². The molecule has 0 atom stereocenters. The molecule has 2 rings (SSSR count). The van der Waals surface area contributed by atoms with Gasteiger partial charge >= 0.3 is 0 Å². The van der Waals surface area contributed by atoms with Crippen LogP contribution in [0.15, 0.2) is 18.3 Å². The van der Waals surface area contributed by atoms with Crippen LogP contribution in [0.2, 0.25) is 0 Å². The van der Waals surface area contributed by atoms with Crippen LogP contribution < -0.4 is 5.73 Å². The Labute approximate surface area is 88.5 Å². The molecule has 0 aliphatic rings. The average molecular weight is 205 g/mol. The number of hydrogen-bond acceptors (Lipinski definition) is 3. The van der Waals surface area contributed by atoms with Gasteiger partial charge in [-0.15, -0.1) is 0 Å². The maximum Gasteiger partial charge on any atom is 0.145 e. The molecule has 0 unspecified atom stereocenters. The Hall–Kier alpha value is -1.78. The monoisotopic (exact) mass is 205 g/mol. The molecule has 15 heavy (non-hydrogen) atoms. The van der Waals surface area contributed by atoms with E-state index >= 15 is 0 Å². The molecule has 5 nitrogen and oxygen atoms in total. The lowest BCUT2D eigenvalue weighted by Crippen LogP contribution is -2.08. The molecule has 80 valence electrons. The van der Waals surface area contributed by atoms with E-state index in [-0.39, 0.29) is 0 Å². The second kappa shape index (κ2) is 3.76. The summed E-state index contributed by atoms with van der Waals surface area (Å²) in [6.07, 6.45) is 2.72. The van der Waals surface area contributed by atoms with Gasteiger partial charge in [-0.3, -0.25) is 9.36 Å². The zero-order valence-electron chi connectivity index (χ0n) is 9.01. The fourth-order valence-corrected chi connectivity index (χ4v) is 1.63. The summed E-state index contributed by atoms with van der Waals surface area (Å²) < 4.78 is 3.80. The van der Waals surface area contributed by atoms with E-state index in [1.54, 1.807) is 6.20 Å². The first-order chi connectivity index (χ1) is 7.16. The smallest absolute Gasteiger partial charge is 0.145 e. The minimum absolute atomic E-state index is 0.581. The third-order valence-electron chi connectivity index (χ3n) is 2.50. The Morgan fingerprint density at radius 2 is 2.27 bits per heavy atom. The summed E-state index contributed by atoms with van der Waals surface area (Å²) in [5.41, 5.74) is 7.90. The van der Waals surface area contributed by atoms with E-state index in [1.165, 1.54) is 5.69 Å². The van der Waals surface area contributed by atoms with Crippen LogP contribution in [-0.4, -0.2) is 19.6 Å². The molecule has 0 aliphatic carbocycles. The average Bonchev–Trinajstić information content (AvgIpc) is 2.70. The van der Waals surface area contributed by atoms with E-state index in [0.29, 0.717) is 5.82 Å². The summed E-state index contributed by atoms with van der Waals surface area (Å²) in [5.74, 6) is 0.581. The maximum absolute atomic E-state index is 5.61. The predicted octanol–water partition coefficient (Wildman–Crippen LogP) is 0.750. The summed E-state index contributed by atoms with van der Waals surface area (Å²) >= 11 is 0. The summed E-state index contributed by atoms with van der Waals surface area (Å²) in [6, 6.07) is 3.89. The third-order valence-corrected chi connectivity index (χ3v) is 2.50. The topological polar surface area (TPSA) is 61.7 Å². The van der Waals surface area contributed by atoms with Gasteiger partial charge in [-0.1, -0.05) is 0 Å². The number of aromatic nitrogens is 4. The zero-order chi connectivity index (χ0) is 10.8. The lowest BCUT2D eigenvalue weighted by molar-refractivity contribution is 0.575. The van der Waals surface area contributed by atoms with E-state index < -0.39 is 0 Å². The Balaban J connectivity index is 2.05. The molecule has 0 bridgehead atoms. The molecule has 0 aliphatic heterocycles. The van der Waals surface area contributed by atoms with Gasteiger partial charge < -0.3 is 5.73 Å². The molecule has 0 spiro atoms. The largest absolute Gasteiger partial charge is 0.382 e. The Morgan fingerprint density at radius 3 is 2.80 bits per heavy atom. The molecule has 0 saturated heterocycles. The highest BCUT2D eigenvalue weighted by Gasteiger charge is 2.03. The van der Waals surface area contributed by atoms with Crippen LogP contribution in [0, 0.1) is 6.92 Å². The second-order valence-corrected chi connectivity index (χ2v) is 3.63. The quantitative estimate of drug-likeness (QED) is 0.804. The third kappa shape index (κ3) is 2.01. The lowest BCUT2D eigenvalue weighted by atomic mass is 10.3. The van der Waals surface area contributed by atoms with E-state index in [9.17, 15) is 0 Å². The Bertz CT molecular complexity index is 454. The molecule has 2 aromatic heterocycles. The van der Waals surface area contributed by atoms with Gasteiger partial charge in [0.2, 0.25) is 0 Å². The number of aryl methyl sites for hydroxylation is 4. The lowest BCUT2D eigenvalue weighted by Gasteiger charge is -2.04. The van der Waals surface area contributed by atoms with Crippen molar-refractivity contribution < 1.29 is 0 Å². The van der Waals surface area contributed by atoms with Gasteiger partial charge in [-0.05, 0) is 13.0 Å². The fourth-order valence-electron chi connectivity index (χ4n) is 1.63. The standard InChI is InChI=1S/C10H15N5/c1-8-7-10(11)13-15(8)6-4-9-3-5-12-14(9)2/h3,5,7H,4,6H2,1-2H3,(H2,11,13). The van der Waals surface area contributed by atoms with Gasteiger partial charge in [0.05, 0.1) is 0 Å². The number of anilines is 1. The molecule has 2 aromatic rings. The van der Waals surface area contributed by atoms with Crippen molar-refractivity contribution in [1.82, 2.24) is 19.6 Å². The number of rotatable bonds is 3. The maximum atomic E-state index is 5.61. The van der Waals surface area contributed by atoms with Crippen molar-refractivity contribution in [3.8, 4) is 0 Å².